The second kappa shape index (κ2) is 5.56. The summed E-state index contributed by atoms with van der Waals surface area (Å²) in [6.45, 7) is 5.10. The van der Waals surface area contributed by atoms with Gasteiger partial charge in [0.25, 0.3) is 0 Å². The fraction of sp³-hybridized carbons (Fsp3) is 0.111. The van der Waals surface area contributed by atoms with E-state index in [1.165, 1.54) is 6.08 Å². The van der Waals surface area contributed by atoms with Gasteiger partial charge in [-0.3, -0.25) is 4.98 Å². The predicted octanol–water partition coefficient (Wildman–Crippen LogP) is 4.64. The molecule has 2 heterocycles. The zero-order valence-electron chi connectivity index (χ0n) is 12.5. The number of nitrogens with zero attached hydrogens (tertiary/aromatic N) is 3. The minimum Gasteiger partial charge on any atom is -0.343 e. The van der Waals surface area contributed by atoms with Gasteiger partial charge in [-0.05, 0) is 43.0 Å². The largest absolute Gasteiger partial charge is 0.343 e. The summed E-state index contributed by atoms with van der Waals surface area (Å²) >= 11 is 0. The SMILES string of the molecule is C=N/C(F)=C\C=C(/C)c1ccc2c3cnccc3n(C)c2c1. The number of allylic oxidation sites excluding steroid dienone is 3. The molecule has 0 aliphatic heterocycles. The maximum absolute atomic E-state index is 13.0. The Balaban J connectivity index is 2.16. The molecule has 0 aliphatic carbocycles. The Hall–Kier alpha value is -2.75. The van der Waals surface area contributed by atoms with E-state index in [4.69, 9.17) is 0 Å². The maximum atomic E-state index is 13.0. The molecule has 0 amide bonds. The lowest BCUT2D eigenvalue weighted by molar-refractivity contribution is 0.630. The minimum absolute atomic E-state index is 0.587. The van der Waals surface area contributed by atoms with Crippen molar-refractivity contribution in [2.24, 2.45) is 12.0 Å². The van der Waals surface area contributed by atoms with E-state index in [-0.39, 0.29) is 0 Å². The number of aromatic nitrogens is 2. The highest BCUT2D eigenvalue weighted by Crippen LogP contribution is 2.29. The Morgan fingerprint density at radius 2 is 2.05 bits per heavy atom. The van der Waals surface area contributed by atoms with Gasteiger partial charge in [0.15, 0.2) is 0 Å². The molecule has 0 aliphatic rings. The van der Waals surface area contributed by atoms with E-state index in [2.05, 4.69) is 33.4 Å². The Morgan fingerprint density at radius 3 is 2.82 bits per heavy atom. The molecule has 2 aromatic heterocycles. The first-order chi connectivity index (χ1) is 10.6. The normalized spacial score (nSPS) is 13.0. The molecule has 0 N–H and O–H groups in total. The second-order valence-electron chi connectivity index (χ2n) is 5.18. The molecule has 0 atom stereocenters. The van der Waals surface area contributed by atoms with Crippen LogP contribution in [0.5, 0.6) is 0 Å². The first kappa shape index (κ1) is 14.2. The average Bonchev–Trinajstić information content (AvgIpc) is 2.85. The van der Waals surface area contributed by atoms with Crippen LogP contribution in [0.15, 0.2) is 59.8 Å². The lowest BCUT2D eigenvalue weighted by Crippen LogP contribution is -1.87. The van der Waals surface area contributed by atoms with Crippen LogP contribution >= 0.6 is 0 Å². The molecule has 0 spiro atoms. The molecule has 4 heteroatoms. The maximum Gasteiger partial charge on any atom is 0.212 e. The monoisotopic (exact) mass is 293 g/mol. The van der Waals surface area contributed by atoms with Crippen LogP contribution in [-0.4, -0.2) is 16.3 Å². The third-order valence-electron chi connectivity index (χ3n) is 3.89. The second-order valence-corrected chi connectivity index (χ2v) is 5.18. The third kappa shape index (κ3) is 2.33. The molecular formula is C18H16FN3. The van der Waals surface area contributed by atoms with Gasteiger partial charge in [0.05, 0.1) is 5.52 Å². The summed E-state index contributed by atoms with van der Waals surface area (Å²) in [5.74, 6) is -0.587. The summed E-state index contributed by atoms with van der Waals surface area (Å²) in [6.07, 6.45) is 6.70. The first-order valence-electron chi connectivity index (χ1n) is 6.95. The summed E-state index contributed by atoms with van der Waals surface area (Å²) in [6, 6.07) is 8.23. The van der Waals surface area contributed by atoms with Gasteiger partial charge in [-0.2, -0.15) is 4.39 Å². The van der Waals surface area contributed by atoms with Crippen LogP contribution in [0.3, 0.4) is 0 Å². The van der Waals surface area contributed by atoms with Crippen molar-refractivity contribution in [3.8, 4) is 0 Å². The van der Waals surface area contributed by atoms with Crippen LogP contribution in [-0.2, 0) is 7.05 Å². The van der Waals surface area contributed by atoms with Crippen molar-refractivity contribution in [3.63, 3.8) is 0 Å². The van der Waals surface area contributed by atoms with Gasteiger partial charge < -0.3 is 4.57 Å². The summed E-state index contributed by atoms with van der Waals surface area (Å²) in [4.78, 5) is 7.44. The number of halogens is 1. The Labute approximate surface area is 128 Å². The molecule has 0 bridgehead atoms. The zero-order chi connectivity index (χ0) is 15.7. The molecule has 0 saturated carbocycles. The summed E-state index contributed by atoms with van der Waals surface area (Å²) in [5, 5.41) is 2.30. The third-order valence-corrected chi connectivity index (χ3v) is 3.89. The number of rotatable bonds is 3. The van der Waals surface area contributed by atoms with Crippen LogP contribution in [0.25, 0.3) is 27.4 Å². The number of aryl methyl sites for hydroxylation is 1. The van der Waals surface area contributed by atoms with Gasteiger partial charge in [0.2, 0.25) is 5.95 Å². The van der Waals surface area contributed by atoms with Crippen molar-refractivity contribution >= 4 is 34.1 Å². The number of benzene rings is 1. The van der Waals surface area contributed by atoms with E-state index in [0.717, 1.165) is 32.9 Å². The van der Waals surface area contributed by atoms with Crippen LogP contribution in [0.1, 0.15) is 12.5 Å². The van der Waals surface area contributed by atoms with Crippen molar-refractivity contribution in [1.82, 2.24) is 9.55 Å². The molecule has 3 rings (SSSR count). The Morgan fingerprint density at radius 1 is 1.23 bits per heavy atom. The zero-order valence-corrected chi connectivity index (χ0v) is 12.5. The Bertz CT molecular complexity index is 932. The first-order valence-corrected chi connectivity index (χ1v) is 6.95. The molecule has 1 aromatic carbocycles. The Kier molecular flexibility index (Phi) is 3.59. The molecule has 0 radical (unpaired) electrons. The fourth-order valence-corrected chi connectivity index (χ4v) is 2.64. The standard InChI is InChI=1S/C18H16FN3/c1-12(4-7-18(19)20-2)13-5-6-14-15-11-21-9-8-16(15)22(3)17(14)10-13/h4-11H,2H2,1,3H3/b12-4+,18-7-. The summed E-state index contributed by atoms with van der Waals surface area (Å²) in [7, 11) is 2.04. The molecule has 0 fully saturated rings. The number of hydrogen-bond acceptors (Lipinski definition) is 2. The van der Waals surface area contributed by atoms with E-state index in [9.17, 15) is 4.39 Å². The molecule has 3 nitrogen and oxygen atoms in total. The van der Waals surface area contributed by atoms with E-state index in [1.54, 1.807) is 12.3 Å². The highest BCUT2D eigenvalue weighted by Gasteiger charge is 2.08. The van der Waals surface area contributed by atoms with Crippen molar-refractivity contribution < 1.29 is 4.39 Å². The molecule has 22 heavy (non-hydrogen) atoms. The van der Waals surface area contributed by atoms with Crippen molar-refractivity contribution in [1.29, 1.82) is 0 Å². The molecule has 0 saturated heterocycles. The van der Waals surface area contributed by atoms with Crippen molar-refractivity contribution in [3.05, 3.63) is 60.3 Å². The van der Waals surface area contributed by atoms with Gasteiger partial charge in [0, 0.05) is 35.7 Å². The quantitative estimate of drug-likeness (QED) is 0.393. The van der Waals surface area contributed by atoms with Crippen molar-refractivity contribution in [2.75, 3.05) is 0 Å². The average molecular weight is 293 g/mol. The molecule has 0 unspecified atom stereocenters. The fourth-order valence-electron chi connectivity index (χ4n) is 2.64. The summed E-state index contributed by atoms with van der Waals surface area (Å²) < 4.78 is 15.2. The molecule has 3 aromatic rings. The van der Waals surface area contributed by atoms with Crippen molar-refractivity contribution in [2.45, 2.75) is 6.92 Å². The van der Waals surface area contributed by atoms with Crippen LogP contribution < -0.4 is 0 Å². The van der Waals surface area contributed by atoms with Gasteiger partial charge in [-0.15, -0.1) is 0 Å². The van der Waals surface area contributed by atoms with Crippen LogP contribution in [0, 0.1) is 0 Å². The van der Waals surface area contributed by atoms with Crippen LogP contribution in [0.2, 0.25) is 0 Å². The van der Waals surface area contributed by atoms with Crippen LogP contribution in [0.4, 0.5) is 4.39 Å². The van der Waals surface area contributed by atoms with Gasteiger partial charge in [-0.25, -0.2) is 4.99 Å². The molecular weight excluding hydrogens is 277 g/mol. The van der Waals surface area contributed by atoms with E-state index in [0.29, 0.717) is 0 Å². The number of pyridine rings is 1. The van der Waals surface area contributed by atoms with E-state index >= 15 is 0 Å². The van der Waals surface area contributed by atoms with E-state index in [1.807, 2.05) is 32.3 Å². The lowest BCUT2D eigenvalue weighted by Gasteiger charge is -2.03. The van der Waals surface area contributed by atoms with Gasteiger partial charge in [0.1, 0.15) is 0 Å². The predicted molar refractivity (Wildman–Crippen MR) is 90.6 cm³/mol. The molecule has 110 valence electrons. The number of hydrogen-bond donors (Lipinski definition) is 0. The highest BCUT2D eigenvalue weighted by molar-refractivity contribution is 6.08. The number of aliphatic imine (C=N–C) groups is 1. The minimum atomic E-state index is -0.587. The number of fused-ring (bicyclic) bond motifs is 3. The van der Waals surface area contributed by atoms with Gasteiger partial charge in [-0.1, -0.05) is 18.2 Å². The van der Waals surface area contributed by atoms with Gasteiger partial charge >= 0.3 is 0 Å². The van der Waals surface area contributed by atoms with E-state index < -0.39 is 5.95 Å². The smallest absolute Gasteiger partial charge is 0.212 e. The topological polar surface area (TPSA) is 30.2 Å². The highest BCUT2D eigenvalue weighted by atomic mass is 19.1. The lowest BCUT2D eigenvalue weighted by atomic mass is 10.0. The summed E-state index contributed by atoms with van der Waals surface area (Å²) in [5.41, 5.74) is 4.27.